The molecule has 2 aromatic rings. The summed E-state index contributed by atoms with van der Waals surface area (Å²) in [5, 5.41) is 11.2. The molecule has 1 saturated carbocycles. The van der Waals surface area contributed by atoms with Crippen molar-refractivity contribution < 1.29 is 9.90 Å². The highest BCUT2D eigenvalue weighted by atomic mass is 127. The lowest BCUT2D eigenvalue weighted by Crippen LogP contribution is -2.47. The van der Waals surface area contributed by atoms with Gasteiger partial charge in [0.1, 0.15) is 3.70 Å². The van der Waals surface area contributed by atoms with Gasteiger partial charge in [-0.25, -0.2) is 4.98 Å². The minimum absolute atomic E-state index is 0.0173. The van der Waals surface area contributed by atoms with Crippen LogP contribution in [0.3, 0.4) is 0 Å². The van der Waals surface area contributed by atoms with Crippen LogP contribution >= 0.6 is 22.6 Å². The monoisotopic (exact) mass is 453 g/mol. The molecule has 0 radical (unpaired) electrons. The molecule has 1 atom stereocenters. The minimum atomic E-state index is -0.833. The Morgan fingerprint density at radius 3 is 2.56 bits per heavy atom. The Bertz CT molecular complexity index is 751. The van der Waals surface area contributed by atoms with E-state index in [0.29, 0.717) is 18.7 Å². The summed E-state index contributed by atoms with van der Waals surface area (Å²) in [6, 6.07) is 7.36. The largest absolute Gasteiger partial charge is 0.387 e. The SMILES string of the molecule is CCN(CC)C(=O)c1ccccc1C(n1cncc1I)C1(O)CCC1. The Morgan fingerprint density at radius 2 is 2.04 bits per heavy atom. The van der Waals surface area contributed by atoms with E-state index < -0.39 is 5.60 Å². The molecule has 1 aliphatic rings. The Hall–Kier alpha value is -1.41. The third kappa shape index (κ3) is 3.33. The summed E-state index contributed by atoms with van der Waals surface area (Å²) in [7, 11) is 0. The van der Waals surface area contributed by atoms with Crippen LogP contribution in [0.5, 0.6) is 0 Å². The normalized spacial score (nSPS) is 17.0. The Morgan fingerprint density at radius 1 is 1.36 bits per heavy atom. The van der Waals surface area contributed by atoms with E-state index in [1.165, 1.54) is 0 Å². The first-order chi connectivity index (χ1) is 12.0. The van der Waals surface area contributed by atoms with E-state index in [0.717, 1.165) is 28.5 Å². The first kappa shape index (κ1) is 18.4. The lowest BCUT2D eigenvalue weighted by Gasteiger charge is -2.44. The molecule has 25 heavy (non-hydrogen) atoms. The zero-order chi connectivity index (χ0) is 18.0. The number of aromatic nitrogens is 2. The first-order valence-corrected chi connectivity index (χ1v) is 9.87. The highest BCUT2D eigenvalue weighted by Crippen LogP contribution is 2.45. The van der Waals surface area contributed by atoms with Gasteiger partial charge in [-0.3, -0.25) is 4.79 Å². The van der Waals surface area contributed by atoms with Gasteiger partial charge in [-0.15, -0.1) is 0 Å². The van der Waals surface area contributed by atoms with Gasteiger partial charge in [0.15, 0.2) is 0 Å². The number of hydrogen-bond donors (Lipinski definition) is 1. The molecule has 1 unspecified atom stereocenters. The predicted octanol–water partition coefficient (Wildman–Crippen LogP) is 3.47. The van der Waals surface area contributed by atoms with Crippen LogP contribution in [-0.4, -0.2) is 44.2 Å². The first-order valence-electron chi connectivity index (χ1n) is 8.79. The van der Waals surface area contributed by atoms with Gasteiger partial charge in [0.25, 0.3) is 5.91 Å². The van der Waals surface area contributed by atoms with Crippen LogP contribution in [0.15, 0.2) is 36.8 Å². The zero-order valence-electron chi connectivity index (χ0n) is 14.7. The van der Waals surface area contributed by atoms with Crippen molar-refractivity contribution in [2.75, 3.05) is 13.1 Å². The molecular formula is C19H24IN3O2. The quantitative estimate of drug-likeness (QED) is 0.682. The van der Waals surface area contributed by atoms with Crippen LogP contribution in [-0.2, 0) is 0 Å². The number of hydrogen-bond acceptors (Lipinski definition) is 3. The molecule has 0 spiro atoms. The minimum Gasteiger partial charge on any atom is -0.387 e. The van der Waals surface area contributed by atoms with Gasteiger partial charge in [0.2, 0.25) is 0 Å². The highest BCUT2D eigenvalue weighted by molar-refractivity contribution is 14.1. The molecule has 1 aromatic heterocycles. The number of carbonyl (C=O) groups excluding carboxylic acids is 1. The van der Waals surface area contributed by atoms with E-state index in [1.54, 1.807) is 12.5 Å². The lowest BCUT2D eigenvalue weighted by molar-refractivity contribution is -0.0659. The van der Waals surface area contributed by atoms with E-state index in [4.69, 9.17) is 0 Å². The van der Waals surface area contributed by atoms with Crippen LogP contribution in [0.1, 0.15) is 55.1 Å². The smallest absolute Gasteiger partial charge is 0.254 e. The molecule has 3 rings (SSSR count). The molecule has 0 bridgehead atoms. The fourth-order valence-electron chi connectivity index (χ4n) is 3.60. The highest BCUT2D eigenvalue weighted by Gasteiger charge is 2.45. The second-order valence-corrected chi connectivity index (χ2v) is 7.65. The van der Waals surface area contributed by atoms with Gasteiger partial charge in [-0.1, -0.05) is 18.2 Å². The summed E-state index contributed by atoms with van der Waals surface area (Å²) >= 11 is 2.23. The topological polar surface area (TPSA) is 58.4 Å². The summed E-state index contributed by atoms with van der Waals surface area (Å²) in [5.74, 6) is 0.0173. The standard InChI is InChI=1S/C19H24IN3O2/c1-3-22(4-2)18(24)15-9-6-5-8-14(15)17(19(25)10-7-11-19)23-13-21-12-16(23)20/h5-6,8-9,12-13,17,25H,3-4,7,10-11H2,1-2H3. The van der Waals surface area contributed by atoms with Crippen LogP contribution in [0.2, 0.25) is 0 Å². The summed E-state index contributed by atoms with van der Waals surface area (Å²) in [5.41, 5.74) is 0.707. The molecule has 1 N–H and O–H groups in total. The molecule has 1 aliphatic carbocycles. The van der Waals surface area contributed by atoms with Gasteiger partial charge in [-0.05, 0) is 67.3 Å². The Balaban J connectivity index is 2.12. The molecule has 0 saturated heterocycles. The van der Waals surface area contributed by atoms with Crippen molar-refractivity contribution in [1.82, 2.24) is 14.5 Å². The lowest BCUT2D eigenvalue weighted by atomic mass is 9.71. The van der Waals surface area contributed by atoms with Gasteiger partial charge in [0, 0.05) is 18.7 Å². The summed E-state index contributed by atoms with van der Waals surface area (Å²) < 4.78 is 2.95. The van der Waals surface area contributed by atoms with Crippen molar-refractivity contribution in [1.29, 1.82) is 0 Å². The summed E-state index contributed by atoms with van der Waals surface area (Å²) in [6.07, 6.45) is 6.01. The number of benzene rings is 1. The average Bonchev–Trinajstić information content (AvgIpc) is 3.01. The van der Waals surface area contributed by atoms with Crippen molar-refractivity contribution in [3.8, 4) is 0 Å². The van der Waals surface area contributed by atoms with Crippen LogP contribution in [0.25, 0.3) is 0 Å². The average molecular weight is 453 g/mol. The van der Waals surface area contributed by atoms with E-state index in [1.807, 2.05) is 47.6 Å². The Labute approximate surface area is 162 Å². The molecule has 5 nitrogen and oxygen atoms in total. The fraction of sp³-hybridized carbons (Fsp3) is 0.474. The number of carbonyl (C=O) groups is 1. The number of imidazole rings is 1. The van der Waals surface area contributed by atoms with Crippen LogP contribution in [0.4, 0.5) is 0 Å². The molecule has 134 valence electrons. The zero-order valence-corrected chi connectivity index (χ0v) is 16.8. The number of aliphatic hydroxyl groups is 1. The molecule has 1 amide bonds. The summed E-state index contributed by atoms with van der Waals surface area (Å²) in [6.45, 7) is 5.31. The van der Waals surface area contributed by atoms with E-state index in [9.17, 15) is 9.90 Å². The van der Waals surface area contributed by atoms with E-state index in [2.05, 4.69) is 27.6 Å². The number of halogens is 1. The molecule has 0 aliphatic heterocycles. The predicted molar refractivity (Wildman–Crippen MR) is 106 cm³/mol. The maximum Gasteiger partial charge on any atom is 0.254 e. The molecule has 6 heteroatoms. The summed E-state index contributed by atoms with van der Waals surface area (Å²) in [4.78, 5) is 19.1. The van der Waals surface area contributed by atoms with Gasteiger partial charge >= 0.3 is 0 Å². The van der Waals surface area contributed by atoms with Gasteiger partial charge < -0.3 is 14.6 Å². The van der Waals surface area contributed by atoms with Crippen molar-refractivity contribution in [2.24, 2.45) is 0 Å². The third-order valence-corrected chi connectivity index (χ3v) is 6.00. The van der Waals surface area contributed by atoms with Crippen molar-refractivity contribution >= 4 is 28.5 Å². The number of nitrogens with zero attached hydrogens (tertiary/aromatic N) is 3. The third-order valence-electron chi connectivity index (χ3n) is 5.16. The second-order valence-electron chi connectivity index (χ2n) is 6.55. The van der Waals surface area contributed by atoms with E-state index in [-0.39, 0.29) is 11.9 Å². The molecule has 1 heterocycles. The van der Waals surface area contributed by atoms with E-state index >= 15 is 0 Å². The Kier molecular flexibility index (Phi) is 5.48. The molecule has 1 aromatic carbocycles. The van der Waals surface area contributed by atoms with Crippen LogP contribution in [0, 0.1) is 3.70 Å². The molecule has 1 fully saturated rings. The molecular weight excluding hydrogens is 429 g/mol. The fourth-order valence-corrected chi connectivity index (χ4v) is 4.16. The number of amides is 1. The van der Waals surface area contributed by atoms with Gasteiger partial charge in [0.05, 0.1) is 24.2 Å². The van der Waals surface area contributed by atoms with Gasteiger partial charge in [-0.2, -0.15) is 0 Å². The van der Waals surface area contributed by atoms with Crippen molar-refractivity contribution in [3.63, 3.8) is 0 Å². The van der Waals surface area contributed by atoms with Crippen LogP contribution < -0.4 is 0 Å². The maximum atomic E-state index is 13.0. The number of rotatable bonds is 6. The second kappa shape index (κ2) is 7.45. The van der Waals surface area contributed by atoms with Crippen molar-refractivity contribution in [2.45, 2.75) is 44.8 Å². The maximum absolute atomic E-state index is 13.0. The van der Waals surface area contributed by atoms with Crippen molar-refractivity contribution in [3.05, 3.63) is 51.6 Å².